The van der Waals surface area contributed by atoms with Crippen molar-refractivity contribution >= 4 is 11.9 Å². The Morgan fingerprint density at radius 2 is 1.84 bits per heavy atom. The molecule has 0 fully saturated rings. The minimum atomic E-state index is -1.51. The summed E-state index contributed by atoms with van der Waals surface area (Å²) in [6.07, 6.45) is 5.98. The lowest BCUT2D eigenvalue weighted by molar-refractivity contribution is 0.0690. The number of nitrogens with one attached hydrogen (secondary N) is 1. The third-order valence-electron chi connectivity index (χ3n) is 2.32. The highest BCUT2D eigenvalue weighted by molar-refractivity contribution is 6.04. The first-order valence-corrected chi connectivity index (χ1v) is 5.41. The highest BCUT2D eigenvalue weighted by Gasteiger charge is 2.20. The standard InChI is InChI=1S/C13H11F2NO3/c1-2-3-4-5-16-12(17)8-6-10(14)11(15)7-9(8)13(18)19/h1,6-7H,3-5H2,(H,16,17)(H,18,19). The summed E-state index contributed by atoms with van der Waals surface area (Å²) in [6, 6.07) is 1.04. The molecule has 6 heteroatoms. The fourth-order valence-electron chi connectivity index (χ4n) is 1.40. The fourth-order valence-corrected chi connectivity index (χ4v) is 1.40. The first-order chi connectivity index (χ1) is 8.97. The molecule has 19 heavy (non-hydrogen) atoms. The number of hydrogen-bond donors (Lipinski definition) is 2. The second-order valence-electron chi connectivity index (χ2n) is 3.68. The van der Waals surface area contributed by atoms with Crippen molar-refractivity contribution in [1.29, 1.82) is 0 Å². The number of hydrogen-bond acceptors (Lipinski definition) is 2. The lowest BCUT2D eigenvalue weighted by Gasteiger charge is -2.08. The summed E-state index contributed by atoms with van der Waals surface area (Å²) in [7, 11) is 0. The van der Waals surface area contributed by atoms with Crippen LogP contribution in [0.15, 0.2) is 12.1 Å². The summed E-state index contributed by atoms with van der Waals surface area (Å²) in [4.78, 5) is 22.6. The summed E-state index contributed by atoms with van der Waals surface area (Å²) in [5.74, 6) is -2.52. The molecule has 1 rings (SSSR count). The van der Waals surface area contributed by atoms with Gasteiger partial charge in [0.1, 0.15) is 0 Å². The van der Waals surface area contributed by atoms with Gasteiger partial charge in [-0.3, -0.25) is 4.79 Å². The van der Waals surface area contributed by atoms with E-state index < -0.39 is 34.6 Å². The van der Waals surface area contributed by atoms with Gasteiger partial charge in [-0.1, -0.05) is 0 Å². The highest BCUT2D eigenvalue weighted by atomic mass is 19.2. The van der Waals surface area contributed by atoms with E-state index in [1.165, 1.54) is 0 Å². The molecule has 0 aliphatic heterocycles. The van der Waals surface area contributed by atoms with Crippen LogP contribution in [0.3, 0.4) is 0 Å². The second-order valence-corrected chi connectivity index (χ2v) is 3.68. The van der Waals surface area contributed by atoms with Crippen molar-refractivity contribution in [3.63, 3.8) is 0 Å². The van der Waals surface area contributed by atoms with Gasteiger partial charge >= 0.3 is 5.97 Å². The Kier molecular flexibility index (Phi) is 5.01. The minimum absolute atomic E-state index is 0.223. The molecule has 100 valence electrons. The smallest absolute Gasteiger partial charge is 0.336 e. The maximum absolute atomic E-state index is 13.1. The summed E-state index contributed by atoms with van der Waals surface area (Å²) in [5.41, 5.74) is -1.01. The van der Waals surface area contributed by atoms with E-state index in [9.17, 15) is 18.4 Å². The van der Waals surface area contributed by atoms with Crippen LogP contribution in [-0.4, -0.2) is 23.5 Å². The molecule has 1 aromatic carbocycles. The number of amides is 1. The van der Waals surface area contributed by atoms with Crippen LogP contribution in [0.1, 0.15) is 33.6 Å². The topological polar surface area (TPSA) is 66.4 Å². The fraction of sp³-hybridized carbons (Fsp3) is 0.231. The molecule has 1 aromatic rings. The average molecular weight is 267 g/mol. The summed E-state index contributed by atoms with van der Waals surface area (Å²) < 4.78 is 26.0. The Morgan fingerprint density at radius 1 is 1.26 bits per heavy atom. The van der Waals surface area contributed by atoms with Crippen molar-refractivity contribution in [2.24, 2.45) is 0 Å². The number of carbonyl (C=O) groups excluding carboxylic acids is 1. The van der Waals surface area contributed by atoms with E-state index in [-0.39, 0.29) is 6.54 Å². The van der Waals surface area contributed by atoms with Crippen LogP contribution in [-0.2, 0) is 0 Å². The van der Waals surface area contributed by atoms with E-state index in [2.05, 4.69) is 11.2 Å². The van der Waals surface area contributed by atoms with Crippen molar-refractivity contribution in [3.8, 4) is 12.3 Å². The zero-order chi connectivity index (χ0) is 14.4. The van der Waals surface area contributed by atoms with Gasteiger partial charge in [0, 0.05) is 13.0 Å². The van der Waals surface area contributed by atoms with Gasteiger partial charge in [-0.05, 0) is 18.6 Å². The molecule has 2 N–H and O–H groups in total. The second kappa shape index (κ2) is 6.50. The van der Waals surface area contributed by atoms with Gasteiger partial charge < -0.3 is 10.4 Å². The lowest BCUT2D eigenvalue weighted by atomic mass is 10.1. The molecule has 4 nitrogen and oxygen atoms in total. The van der Waals surface area contributed by atoms with Gasteiger partial charge in [-0.15, -0.1) is 12.3 Å². The van der Waals surface area contributed by atoms with E-state index in [1.807, 2.05) is 0 Å². The molecule has 0 heterocycles. The average Bonchev–Trinajstić information content (AvgIpc) is 2.36. The molecule has 0 aliphatic carbocycles. The molecule has 0 radical (unpaired) electrons. The van der Waals surface area contributed by atoms with Gasteiger partial charge in [0.2, 0.25) is 0 Å². The Morgan fingerprint density at radius 3 is 2.37 bits per heavy atom. The molecule has 0 unspecified atom stereocenters. The monoisotopic (exact) mass is 267 g/mol. The molecule has 0 atom stereocenters. The first kappa shape index (κ1) is 14.6. The zero-order valence-electron chi connectivity index (χ0n) is 9.87. The first-order valence-electron chi connectivity index (χ1n) is 5.41. The minimum Gasteiger partial charge on any atom is -0.478 e. The number of benzene rings is 1. The van der Waals surface area contributed by atoms with E-state index in [0.29, 0.717) is 25.0 Å². The van der Waals surface area contributed by atoms with E-state index >= 15 is 0 Å². The molecule has 1 amide bonds. The Hall–Kier alpha value is -2.42. The largest absolute Gasteiger partial charge is 0.478 e. The third kappa shape index (κ3) is 3.78. The number of unbranched alkanes of at least 4 members (excludes halogenated alkanes) is 1. The maximum atomic E-state index is 13.1. The number of carbonyl (C=O) groups is 2. The van der Waals surface area contributed by atoms with Crippen LogP contribution in [0.4, 0.5) is 8.78 Å². The molecule has 0 spiro atoms. The summed E-state index contributed by atoms with van der Waals surface area (Å²) in [5, 5.41) is 11.2. The van der Waals surface area contributed by atoms with Gasteiger partial charge in [0.05, 0.1) is 11.1 Å². The Bertz CT molecular complexity index is 550. The van der Waals surface area contributed by atoms with E-state index in [0.717, 1.165) is 0 Å². The molecule has 0 saturated heterocycles. The van der Waals surface area contributed by atoms with Crippen LogP contribution >= 0.6 is 0 Å². The van der Waals surface area contributed by atoms with E-state index in [4.69, 9.17) is 11.5 Å². The van der Waals surface area contributed by atoms with Gasteiger partial charge in [-0.25, -0.2) is 13.6 Å². The van der Waals surface area contributed by atoms with Crippen LogP contribution in [0, 0.1) is 24.0 Å². The maximum Gasteiger partial charge on any atom is 0.336 e. The van der Waals surface area contributed by atoms with Crippen molar-refractivity contribution < 1.29 is 23.5 Å². The molecule has 0 saturated carbocycles. The quantitative estimate of drug-likeness (QED) is 0.631. The molecule has 0 aliphatic rings. The number of halogens is 2. The molecular formula is C13H11F2NO3. The number of carboxylic acid groups (broad SMARTS) is 1. The van der Waals surface area contributed by atoms with Crippen LogP contribution in [0.2, 0.25) is 0 Å². The highest BCUT2D eigenvalue weighted by Crippen LogP contribution is 2.15. The lowest BCUT2D eigenvalue weighted by Crippen LogP contribution is -2.26. The summed E-state index contributed by atoms with van der Waals surface area (Å²) in [6.45, 7) is 0.223. The number of rotatable bonds is 5. The SMILES string of the molecule is C#CCCCNC(=O)c1cc(F)c(F)cc1C(=O)O. The van der Waals surface area contributed by atoms with Gasteiger partial charge in [-0.2, -0.15) is 0 Å². The predicted molar refractivity (Wildman–Crippen MR) is 63.7 cm³/mol. The third-order valence-corrected chi connectivity index (χ3v) is 2.32. The summed E-state index contributed by atoms with van der Waals surface area (Å²) >= 11 is 0. The van der Waals surface area contributed by atoms with Gasteiger partial charge in [0.15, 0.2) is 11.6 Å². The predicted octanol–water partition coefficient (Wildman–Crippen LogP) is 1.81. The molecule has 0 aromatic heterocycles. The van der Waals surface area contributed by atoms with Crippen LogP contribution in [0.5, 0.6) is 0 Å². The number of carboxylic acids is 1. The van der Waals surface area contributed by atoms with Crippen molar-refractivity contribution in [2.75, 3.05) is 6.54 Å². The van der Waals surface area contributed by atoms with Crippen molar-refractivity contribution in [2.45, 2.75) is 12.8 Å². The number of aromatic carboxylic acids is 1. The Balaban J connectivity index is 2.92. The zero-order valence-corrected chi connectivity index (χ0v) is 9.87. The van der Waals surface area contributed by atoms with Crippen LogP contribution < -0.4 is 5.32 Å². The van der Waals surface area contributed by atoms with Crippen LogP contribution in [0.25, 0.3) is 0 Å². The Labute approximate surface area is 108 Å². The van der Waals surface area contributed by atoms with Crippen molar-refractivity contribution in [1.82, 2.24) is 5.32 Å². The normalized spacial score (nSPS) is 9.74. The van der Waals surface area contributed by atoms with Crippen molar-refractivity contribution in [3.05, 3.63) is 34.9 Å². The number of terminal acetylenes is 1. The molecule has 0 bridgehead atoms. The van der Waals surface area contributed by atoms with Gasteiger partial charge in [0.25, 0.3) is 5.91 Å². The van der Waals surface area contributed by atoms with E-state index in [1.54, 1.807) is 0 Å². The molecular weight excluding hydrogens is 256 g/mol.